The monoisotopic (exact) mass is 296 g/mol. The molecule has 1 heterocycles. The molecule has 92 valence electrons. The highest BCUT2D eigenvalue weighted by molar-refractivity contribution is 9.10. The molecule has 0 saturated heterocycles. The summed E-state index contributed by atoms with van der Waals surface area (Å²) in [4.78, 5) is 16.1. The standard InChI is InChI=1S/C13H17BrN2O/c1-9-4-2-5-10(8-9)15-13(17)11-6-3-7-12(14)16-11/h3,6-7,9-10H,2,4-5,8H2,1H3,(H,15,17). The Hall–Kier alpha value is -0.900. The van der Waals surface area contributed by atoms with E-state index < -0.39 is 0 Å². The van der Waals surface area contributed by atoms with Crippen LogP contribution in [-0.2, 0) is 0 Å². The number of nitrogens with one attached hydrogen (secondary N) is 1. The number of carbonyl (C=O) groups is 1. The largest absolute Gasteiger partial charge is 0.348 e. The van der Waals surface area contributed by atoms with Gasteiger partial charge in [0.2, 0.25) is 0 Å². The molecule has 1 fully saturated rings. The van der Waals surface area contributed by atoms with E-state index in [1.165, 1.54) is 12.8 Å². The first-order valence-corrected chi connectivity index (χ1v) is 6.88. The Balaban J connectivity index is 1.97. The normalized spacial score (nSPS) is 24.4. The van der Waals surface area contributed by atoms with E-state index in [4.69, 9.17) is 0 Å². The minimum atomic E-state index is -0.0644. The molecule has 2 rings (SSSR count). The van der Waals surface area contributed by atoms with Crippen LogP contribution < -0.4 is 5.32 Å². The Morgan fingerprint density at radius 2 is 2.29 bits per heavy atom. The van der Waals surface area contributed by atoms with Gasteiger partial charge >= 0.3 is 0 Å². The molecular formula is C13H17BrN2O. The second kappa shape index (κ2) is 5.63. The van der Waals surface area contributed by atoms with Crippen LogP contribution in [-0.4, -0.2) is 16.9 Å². The van der Waals surface area contributed by atoms with Gasteiger partial charge in [0.15, 0.2) is 0 Å². The lowest BCUT2D eigenvalue weighted by Gasteiger charge is -2.27. The molecule has 0 radical (unpaired) electrons. The molecule has 2 unspecified atom stereocenters. The van der Waals surface area contributed by atoms with Gasteiger partial charge in [0.1, 0.15) is 10.3 Å². The highest BCUT2D eigenvalue weighted by Gasteiger charge is 2.21. The SMILES string of the molecule is CC1CCCC(NC(=O)c2cccc(Br)n2)C1. The molecule has 1 aromatic rings. The Labute approximate surface area is 110 Å². The summed E-state index contributed by atoms with van der Waals surface area (Å²) in [5, 5.41) is 3.07. The van der Waals surface area contributed by atoms with Crippen molar-refractivity contribution < 1.29 is 4.79 Å². The average molecular weight is 297 g/mol. The summed E-state index contributed by atoms with van der Waals surface area (Å²) in [6.45, 7) is 2.25. The van der Waals surface area contributed by atoms with Crippen LogP contribution in [0.25, 0.3) is 0 Å². The number of amides is 1. The number of hydrogen-bond donors (Lipinski definition) is 1. The number of pyridine rings is 1. The van der Waals surface area contributed by atoms with Gasteiger partial charge in [-0.25, -0.2) is 4.98 Å². The summed E-state index contributed by atoms with van der Waals surface area (Å²) < 4.78 is 0.696. The summed E-state index contributed by atoms with van der Waals surface area (Å²) >= 11 is 3.27. The molecule has 4 heteroatoms. The van der Waals surface area contributed by atoms with Gasteiger partial charge in [-0.1, -0.05) is 25.8 Å². The van der Waals surface area contributed by atoms with Crippen molar-refractivity contribution in [2.24, 2.45) is 5.92 Å². The topological polar surface area (TPSA) is 42.0 Å². The fourth-order valence-electron chi connectivity index (χ4n) is 2.36. The van der Waals surface area contributed by atoms with Gasteiger partial charge in [-0.15, -0.1) is 0 Å². The number of rotatable bonds is 2. The molecule has 0 bridgehead atoms. The van der Waals surface area contributed by atoms with Crippen molar-refractivity contribution in [2.45, 2.75) is 38.6 Å². The molecule has 1 aliphatic carbocycles. The van der Waals surface area contributed by atoms with Crippen LogP contribution in [0.2, 0.25) is 0 Å². The molecule has 1 N–H and O–H groups in total. The highest BCUT2D eigenvalue weighted by atomic mass is 79.9. The number of carbonyl (C=O) groups excluding carboxylic acids is 1. The quantitative estimate of drug-likeness (QED) is 0.852. The van der Waals surface area contributed by atoms with E-state index in [9.17, 15) is 4.79 Å². The van der Waals surface area contributed by atoms with Crippen LogP contribution in [0, 0.1) is 5.92 Å². The predicted molar refractivity (Wildman–Crippen MR) is 70.8 cm³/mol. The molecular weight excluding hydrogens is 280 g/mol. The first kappa shape index (κ1) is 12.6. The molecule has 0 aromatic carbocycles. The summed E-state index contributed by atoms with van der Waals surface area (Å²) in [5.41, 5.74) is 0.484. The molecule has 1 saturated carbocycles. The van der Waals surface area contributed by atoms with E-state index >= 15 is 0 Å². The molecule has 1 aromatic heterocycles. The van der Waals surface area contributed by atoms with E-state index in [1.807, 2.05) is 12.1 Å². The summed E-state index contributed by atoms with van der Waals surface area (Å²) in [6, 6.07) is 5.70. The summed E-state index contributed by atoms with van der Waals surface area (Å²) in [5.74, 6) is 0.648. The zero-order chi connectivity index (χ0) is 12.3. The minimum Gasteiger partial charge on any atom is -0.348 e. The summed E-state index contributed by atoms with van der Waals surface area (Å²) in [6.07, 6.45) is 4.66. The fourth-order valence-corrected chi connectivity index (χ4v) is 2.70. The Morgan fingerprint density at radius 1 is 1.47 bits per heavy atom. The Bertz CT molecular complexity index is 408. The highest BCUT2D eigenvalue weighted by Crippen LogP contribution is 2.23. The maximum atomic E-state index is 12.0. The number of aromatic nitrogens is 1. The van der Waals surface area contributed by atoms with Gasteiger partial charge in [-0.2, -0.15) is 0 Å². The van der Waals surface area contributed by atoms with Gasteiger partial charge in [-0.3, -0.25) is 4.79 Å². The maximum absolute atomic E-state index is 12.0. The van der Waals surface area contributed by atoms with E-state index in [-0.39, 0.29) is 5.91 Å². The molecule has 3 nitrogen and oxygen atoms in total. The van der Waals surface area contributed by atoms with Crippen molar-refractivity contribution in [3.8, 4) is 0 Å². The lowest BCUT2D eigenvalue weighted by Crippen LogP contribution is -2.38. The number of hydrogen-bond acceptors (Lipinski definition) is 2. The Kier molecular flexibility index (Phi) is 4.15. The Morgan fingerprint density at radius 3 is 3.00 bits per heavy atom. The van der Waals surface area contributed by atoms with E-state index in [2.05, 4.69) is 33.2 Å². The second-order valence-electron chi connectivity index (χ2n) is 4.79. The van der Waals surface area contributed by atoms with E-state index in [1.54, 1.807) is 6.07 Å². The van der Waals surface area contributed by atoms with Crippen molar-refractivity contribution in [3.63, 3.8) is 0 Å². The lowest BCUT2D eigenvalue weighted by molar-refractivity contribution is 0.0916. The van der Waals surface area contributed by atoms with Crippen LogP contribution in [0.1, 0.15) is 43.1 Å². The smallest absolute Gasteiger partial charge is 0.270 e. The fraction of sp³-hybridized carbons (Fsp3) is 0.538. The van der Waals surface area contributed by atoms with Crippen molar-refractivity contribution in [1.82, 2.24) is 10.3 Å². The van der Waals surface area contributed by atoms with Crippen LogP contribution in [0.15, 0.2) is 22.8 Å². The van der Waals surface area contributed by atoms with E-state index in [0.717, 1.165) is 12.8 Å². The number of halogens is 1. The summed E-state index contributed by atoms with van der Waals surface area (Å²) in [7, 11) is 0. The zero-order valence-corrected chi connectivity index (χ0v) is 11.5. The third-order valence-corrected chi connectivity index (χ3v) is 3.66. The van der Waals surface area contributed by atoms with Crippen LogP contribution in [0.4, 0.5) is 0 Å². The molecule has 0 aliphatic heterocycles. The third kappa shape index (κ3) is 3.53. The second-order valence-corrected chi connectivity index (χ2v) is 5.60. The zero-order valence-electron chi connectivity index (χ0n) is 9.95. The van der Waals surface area contributed by atoms with E-state index in [0.29, 0.717) is 22.3 Å². The van der Waals surface area contributed by atoms with Gasteiger partial charge < -0.3 is 5.32 Å². The maximum Gasteiger partial charge on any atom is 0.270 e. The van der Waals surface area contributed by atoms with Crippen molar-refractivity contribution in [3.05, 3.63) is 28.5 Å². The molecule has 2 atom stereocenters. The first-order chi connectivity index (χ1) is 8.15. The van der Waals surface area contributed by atoms with Crippen molar-refractivity contribution in [2.75, 3.05) is 0 Å². The van der Waals surface area contributed by atoms with Crippen molar-refractivity contribution in [1.29, 1.82) is 0 Å². The molecule has 1 amide bonds. The minimum absolute atomic E-state index is 0.0644. The average Bonchev–Trinajstić information content (AvgIpc) is 2.29. The van der Waals surface area contributed by atoms with Gasteiger partial charge in [0.05, 0.1) is 0 Å². The van der Waals surface area contributed by atoms with Crippen LogP contribution >= 0.6 is 15.9 Å². The lowest BCUT2D eigenvalue weighted by atomic mass is 9.87. The molecule has 1 aliphatic rings. The first-order valence-electron chi connectivity index (χ1n) is 6.08. The van der Waals surface area contributed by atoms with Gasteiger partial charge in [-0.05, 0) is 46.8 Å². The van der Waals surface area contributed by atoms with Gasteiger partial charge in [0, 0.05) is 6.04 Å². The number of nitrogens with zero attached hydrogens (tertiary/aromatic N) is 1. The van der Waals surface area contributed by atoms with Crippen molar-refractivity contribution >= 4 is 21.8 Å². The van der Waals surface area contributed by atoms with Crippen LogP contribution in [0.5, 0.6) is 0 Å². The third-order valence-electron chi connectivity index (χ3n) is 3.22. The predicted octanol–water partition coefficient (Wildman–Crippen LogP) is 3.15. The van der Waals surface area contributed by atoms with Gasteiger partial charge in [0.25, 0.3) is 5.91 Å². The molecule has 17 heavy (non-hydrogen) atoms. The van der Waals surface area contributed by atoms with Crippen LogP contribution in [0.3, 0.4) is 0 Å². The molecule has 0 spiro atoms.